The largest absolute Gasteiger partial charge is 0.416 e. The van der Waals surface area contributed by atoms with Gasteiger partial charge < -0.3 is 14.4 Å². The first-order valence-electron chi connectivity index (χ1n) is 20.0. The number of aromatic nitrogens is 2. The van der Waals surface area contributed by atoms with Crippen molar-refractivity contribution in [1.29, 1.82) is 0 Å². The number of amides is 1. The molecule has 0 N–H and O–H groups in total. The van der Waals surface area contributed by atoms with Crippen molar-refractivity contribution < 1.29 is 34.7 Å². The van der Waals surface area contributed by atoms with Crippen LogP contribution in [-0.4, -0.2) is 51.4 Å². The lowest BCUT2D eigenvalue weighted by Gasteiger charge is -2.28. The van der Waals surface area contributed by atoms with Crippen molar-refractivity contribution in [3.63, 3.8) is 0 Å². The third-order valence-corrected chi connectivity index (χ3v) is 8.92. The number of benzene rings is 3. The number of alkyl halides is 3. The summed E-state index contributed by atoms with van der Waals surface area (Å²) in [6.45, 7) is 5.43. The molecule has 0 unspecified atom stereocenters. The van der Waals surface area contributed by atoms with E-state index in [0.29, 0.717) is 61.9 Å². The van der Waals surface area contributed by atoms with Crippen molar-refractivity contribution in [2.24, 2.45) is 0 Å². The summed E-state index contributed by atoms with van der Waals surface area (Å²) in [5.74, 6) is -1.16. The summed E-state index contributed by atoms with van der Waals surface area (Å²) in [6.07, 6.45) is -3.69. The summed E-state index contributed by atoms with van der Waals surface area (Å²) in [5.41, 5.74) is -5.55. The molecule has 254 valence electrons. The molecular weight excluding hydrogens is 640 g/mol. The second kappa shape index (κ2) is 15.5. The molecular formula is C37H40F4N4O2S. The van der Waals surface area contributed by atoms with Gasteiger partial charge in [0, 0.05) is 39.3 Å². The van der Waals surface area contributed by atoms with E-state index in [1.165, 1.54) is 21.6 Å². The highest BCUT2D eigenvalue weighted by atomic mass is 32.2. The molecule has 6 nitrogen and oxygen atoms in total. The molecule has 0 fully saturated rings. The van der Waals surface area contributed by atoms with Crippen LogP contribution in [0.3, 0.4) is 0 Å². The second-order valence-electron chi connectivity index (χ2n) is 11.2. The predicted octanol–water partition coefficient (Wildman–Crippen LogP) is 7.53. The van der Waals surface area contributed by atoms with Crippen LogP contribution >= 0.6 is 11.8 Å². The fourth-order valence-corrected chi connectivity index (χ4v) is 6.18. The second-order valence-corrected chi connectivity index (χ2v) is 12.0. The lowest BCUT2D eigenvalue weighted by Crippen LogP contribution is -2.40. The van der Waals surface area contributed by atoms with Crippen LogP contribution in [0, 0.1) is 12.7 Å². The van der Waals surface area contributed by atoms with Gasteiger partial charge in [-0.1, -0.05) is 74.0 Å². The summed E-state index contributed by atoms with van der Waals surface area (Å²) in [6, 6.07) is -1.36. The fourth-order valence-electron chi connectivity index (χ4n) is 5.42. The van der Waals surface area contributed by atoms with Gasteiger partial charge in [-0.25, -0.2) is 4.39 Å². The zero-order valence-electron chi connectivity index (χ0n) is 35.7. The quantitative estimate of drug-likeness (QED) is 0.0826. The number of hydrogen-bond donors (Lipinski definition) is 0. The maximum Gasteiger partial charge on any atom is 0.416 e. The smallest absolute Gasteiger partial charge is 0.336 e. The van der Waals surface area contributed by atoms with Crippen LogP contribution in [0.4, 0.5) is 17.6 Å². The van der Waals surface area contributed by atoms with Crippen LogP contribution in [0.15, 0.2) is 76.5 Å². The van der Waals surface area contributed by atoms with Gasteiger partial charge >= 0.3 is 6.18 Å². The van der Waals surface area contributed by atoms with Gasteiger partial charge in [-0.15, -0.1) is 0 Å². The molecule has 4 aromatic rings. The van der Waals surface area contributed by atoms with E-state index in [2.05, 4.69) is 4.98 Å². The number of hydrogen-bond acceptors (Lipinski definition) is 5. The van der Waals surface area contributed by atoms with Gasteiger partial charge in [-0.05, 0) is 85.3 Å². The van der Waals surface area contributed by atoms with Crippen LogP contribution < -0.4 is 5.56 Å². The molecule has 3 aromatic carbocycles. The Balaban J connectivity index is 1.59. The first kappa shape index (κ1) is 25.1. The number of halogens is 4. The molecule has 1 aromatic heterocycles. The van der Waals surface area contributed by atoms with E-state index in [-0.39, 0.29) is 22.8 Å². The third kappa shape index (κ3) is 8.54. The van der Waals surface area contributed by atoms with E-state index in [9.17, 15) is 27.2 Å². The maximum atomic E-state index is 14.4. The number of carbonyl (C=O) groups excluding carboxylic acids is 1. The predicted molar refractivity (Wildman–Crippen MR) is 181 cm³/mol. The van der Waals surface area contributed by atoms with E-state index in [4.69, 9.17) is 12.3 Å². The van der Waals surface area contributed by atoms with Crippen molar-refractivity contribution in [3.05, 3.63) is 116 Å². The Morgan fingerprint density at radius 1 is 1.00 bits per heavy atom. The summed E-state index contributed by atoms with van der Waals surface area (Å²) >= 11 is 0.577. The topological polar surface area (TPSA) is 58.4 Å². The highest BCUT2D eigenvalue weighted by Gasteiger charge is 2.32. The van der Waals surface area contributed by atoms with Crippen molar-refractivity contribution in [1.82, 2.24) is 19.4 Å². The number of carbonyl (C=O) groups is 1. The minimum atomic E-state index is -5.07. The molecule has 0 spiro atoms. The molecule has 0 bridgehead atoms. The molecule has 0 saturated heterocycles. The van der Waals surface area contributed by atoms with Crippen molar-refractivity contribution >= 4 is 17.7 Å². The molecule has 0 saturated carbocycles. The molecule has 1 aliphatic rings. The summed E-state index contributed by atoms with van der Waals surface area (Å²) in [7, 11) is 0. The zero-order valence-corrected chi connectivity index (χ0v) is 27.5. The van der Waals surface area contributed by atoms with E-state index >= 15 is 0 Å². The SMILES string of the molecule is [2H]c1c([2H])c(-c2c([2H])c([2H])c(C(F)(F)F)c(C)c2[2H])c([2H])c([2H])c1CN(CCN(CC)CC)C(=O)Cn1c(SC([2H])([2H])c2ccc(F)cc2)nc(=O)c2c1CCC2. The first-order chi connectivity index (χ1) is 26.6. The van der Waals surface area contributed by atoms with Gasteiger partial charge in [0.2, 0.25) is 5.91 Å². The van der Waals surface area contributed by atoms with Crippen LogP contribution in [0.25, 0.3) is 11.1 Å². The standard InChI is InChI=1S/C37H40F4N4O2S/c1-4-43(5-2)19-20-44(22-26-9-13-28(14-10-26)29-15-18-32(25(3)21-29)37(39,40)41)34(46)23-45-33-8-6-7-31(33)35(47)42-36(45)48-24-27-11-16-30(38)17-12-27/h9-18,21H,4-8,19-20,22-24H2,1-3H3/i9D,10D,13D,14D,15D,18D,21D,24D2. The van der Waals surface area contributed by atoms with Gasteiger partial charge in [0.15, 0.2) is 5.16 Å². The number of nitrogens with zero attached hydrogens (tertiary/aromatic N) is 4. The molecule has 0 aliphatic heterocycles. The Hall–Kier alpha value is -3.96. The normalized spacial score (nSPS) is 15.8. The molecule has 1 amide bonds. The number of fused-ring (bicyclic) bond motifs is 1. The van der Waals surface area contributed by atoms with E-state index < -0.39 is 107 Å². The maximum absolute atomic E-state index is 14.4. The average molecular weight is 690 g/mol. The lowest BCUT2D eigenvalue weighted by molar-refractivity contribution is -0.138. The highest BCUT2D eigenvalue weighted by Crippen LogP contribution is 2.34. The molecule has 5 rings (SSSR count). The zero-order chi connectivity index (χ0) is 42.3. The molecule has 1 heterocycles. The molecule has 0 atom stereocenters. The highest BCUT2D eigenvalue weighted by molar-refractivity contribution is 7.98. The van der Waals surface area contributed by atoms with E-state index in [1.807, 2.05) is 18.7 Å². The fraction of sp³-hybridized carbons (Fsp3) is 0.378. The summed E-state index contributed by atoms with van der Waals surface area (Å²) < 4.78 is 134. The third-order valence-electron chi connectivity index (χ3n) is 8.09. The number of likely N-dealkylation sites (N-methyl/N-ethyl adjacent to an activating group) is 1. The Morgan fingerprint density at radius 3 is 2.35 bits per heavy atom. The van der Waals surface area contributed by atoms with Crippen molar-refractivity contribution in [2.45, 2.75) is 70.2 Å². The monoisotopic (exact) mass is 689 g/mol. The van der Waals surface area contributed by atoms with E-state index in [0.717, 1.165) is 19.1 Å². The van der Waals surface area contributed by atoms with Crippen LogP contribution in [0.5, 0.6) is 0 Å². The van der Waals surface area contributed by atoms with Gasteiger partial charge in [-0.2, -0.15) is 18.2 Å². The average Bonchev–Trinajstić information content (AvgIpc) is 3.64. The minimum absolute atomic E-state index is 0.0323. The molecule has 0 radical (unpaired) electrons. The van der Waals surface area contributed by atoms with E-state index in [1.54, 1.807) is 0 Å². The Kier molecular flexibility index (Phi) is 8.10. The van der Waals surface area contributed by atoms with Crippen LogP contribution in [-0.2, 0) is 42.6 Å². The summed E-state index contributed by atoms with van der Waals surface area (Å²) in [4.78, 5) is 35.0. The van der Waals surface area contributed by atoms with Crippen molar-refractivity contribution in [2.75, 3.05) is 26.2 Å². The van der Waals surface area contributed by atoms with Gasteiger partial charge in [0.25, 0.3) is 5.56 Å². The Labute approximate surface area is 295 Å². The first-order valence-corrected chi connectivity index (χ1v) is 16.3. The Bertz CT molecular complexity index is 2210. The summed E-state index contributed by atoms with van der Waals surface area (Å²) in [5, 5.41) is -0.0985. The van der Waals surface area contributed by atoms with Crippen molar-refractivity contribution in [3.8, 4) is 11.1 Å². The Morgan fingerprint density at radius 2 is 1.69 bits per heavy atom. The molecule has 11 heteroatoms. The number of thioether (sulfide) groups is 1. The number of rotatable bonds is 13. The van der Waals surface area contributed by atoms with Gasteiger partial charge in [-0.3, -0.25) is 9.59 Å². The van der Waals surface area contributed by atoms with Crippen LogP contribution in [0.1, 0.15) is 66.1 Å². The van der Waals surface area contributed by atoms with Crippen LogP contribution in [0.2, 0.25) is 0 Å². The molecule has 48 heavy (non-hydrogen) atoms. The van der Waals surface area contributed by atoms with Gasteiger partial charge in [0.05, 0.1) is 15.2 Å². The lowest BCUT2D eigenvalue weighted by atomic mass is 9.98. The van der Waals surface area contributed by atoms with Gasteiger partial charge in [0.1, 0.15) is 12.4 Å². The minimum Gasteiger partial charge on any atom is -0.336 e. The molecule has 1 aliphatic carbocycles.